The average molecular weight is 509 g/mol. The molecule has 0 atom stereocenters. The number of halogens is 1. The lowest BCUT2D eigenvalue weighted by molar-refractivity contribution is 0.355. The van der Waals surface area contributed by atoms with E-state index in [2.05, 4.69) is 39.7 Å². The molecule has 190 valence electrons. The van der Waals surface area contributed by atoms with Crippen molar-refractivity contribution in [1.29, 1.82) is 0 Å². The highest BCUT2D eigenvalue weighted by Crippen LogP contribution is 2.46. The number of ether oxygens (including phenoxy) is 2. The minimum atomic E-state index is 0.608. The van der Waals surface area contributed by atoms with Crippen molar-refractivity contribution in [1.82, 2.24) is 19.7 Å². The first-order valence-electron chi connectivity index (χ1n) is 12.4. The number of hydrogen-bond donors (Lipinski definition) is 1. The molecule has 0 saturated carbocycles. The number of anilines is 2. The van der Waals surface area contributed by atoms with E-state index in [0.29, 0.717) is 12.3 Å². The molecule has 4 aromatic rings. The van der Waals surface area contributed by atoms with Gasteiger partial charge in [-0.1, -0.05) is 31.0 Å². The van der Waals surface area contributed by atoms with E-state index in [1.807, 2.05) is 29.1 Å². The van der Waals surface area contributed by atoms with Crippen LogP contribution < -0.4 is 19.3 Å². The molecule has 9 heteroatoms. The molecule has 5 rings (SSSR count). The van der Waals surface area contributed by atoms with Crippen molar-refractivity contribution < 1.29 is 9.47 Å². The Bertz CT molecular complexity index is 1340. The van der Waals surface area contributed by atoms with Crippen LogP contribution >= 0.6 is 11.6 Å². The minimum Gasteiger partial charge on any atom is -0.493 e. The second-order valence-electron chi connectivity index (χ2n) is 9.14. The molecule has 0 radical (unpaired) electrons. The Balaban J connectivity index is 1.57. The molecule has 0 amide bonds. The summed E-state index contributed by atoms with van der Waals surface area (Å²) in [5.41, 5.74) is 6.51. The maximum Gasteiger partial charge on any atom is 0.185 e. The lowest BCUT2D eigenvalue weighted by Gasteiger charge is -2.39. The number of rotatable bonds is 8. The molecule has 0 unspecified atom stereocenters. The molecule has 0 aliphatic carbocycles. The van der Waals surface area contributed by atoms with Gasteiger partial charge in [0.05, 0.1) is 55.1 Å². The molecular formula is C27H33ClN6O2. The average Bonchev–Trinajstić information content (AvgIpc) is 3.53. The number of aromatic amines is 1. The number of fused-ring (bicyclic) bond motifs is 1. The van der Waals surface area contributed by atoms with Gasteiger partial charge < -0.3 is 24.3 Å². The third kappa shape index (κ3) is 4.34. The first kappa shape index (κ1) is 24.3. The summed E-state index contributed by atoms with van der Waals surface area (Å²) in [6.45, 7) is 8.35. The van der Waals surface area contributed by atoms with Gasteiger partial charge in [-0.25, -0.2) is 4.98 Å². The van der Waals surface area contributed by atoms with Crippen molar-refractivity contribution in [2.75, 3.05) is 50.2 Å². The maximum absolute atomic E-state index is 6.41. The summed E-state index contributed by atoms with van der Waals surface area (Å²) < 4.78 is 13.8. The minimum absolute atomic E-state index is 0.608. The second kappa shape index (κ2) is 10.3. The summed E-state index contributed by atoms with van der Waals surface area (Å²) in [6.07, 6.45) is 5.43. The van der Waals surface area contributed by atoms with Crippen LogP contribution in [0.1, 0.15) is 30.3 Å². The maximum atomic E-state index is 6.41. The van der Waals surface area contributed by atoms with Crippen molar-refractivity contribution in [2.24, 2.45) is 0 Å². The van der Waals surface area contributed by atoms with Crippen molar-refractivity contribution in [3.63, 3.8) is 0 Å². The van der Waals surface area contributed by atoms with Gasteiger partial charge >= 0.3 is 0 Å². The van der Waals surface area contributed by atoms with E-state index in [4.69, 9.17) is 26.2 Å². The van der Waals surface area contributed by atoms with Gasteiger partial charge in [0.2, 0.25) is 0 Å². The molecule has 2 aromatic heterocycles. The highest BCUT2D eigenvalue weighted by atomic mass is 35.5. The summed E-state index contributed by atoms with van der Waals surface area (Å²) in [6, 6.07) is 8.17. The molecule has 3 heterocycles. The largest absolute Gasteiger partial charge is 0.493 e. The smallest absolute Gasteiger partial charge is 0.185 e. The summed E-state index contributed by atoms with van der Waals surface area (Å²) in [5, 5.41) is 7.00. The van der Waals surface area contributed by atoms with E-state index >= 15 is 0 Å². The first-order chi connectivity index (χ1) is 17.5. The number of methoxy groups -OCH3 is 2. The normalized spacial score (nSPS) is 14.0. The van der Waals surface area contributed by atoms with Gasteiger partial charge in [0.15, 0.2) is 11.5 Å². The Morgan fingerprint density at radius 2 is 1.86 bits per heavy atom. The van der Waals surface area contributed by atoms with E-state index in [1.54, 1.807) is 20.5 Å². The van der Waals surface area contributed by atoms with Gasteiger partial charge in [0, 0.05) is 49.2 Å². The van der Waals surface area contributed by atoms with Gasteiger partial charge in [-0.3, -0.25) is 4.68 Å². The summed E-state index contributed by atoms with van der Waals surface area (Å²) in [4.78, 5) is 12.2. The predicted molar refractivity (Wildman–Crippen MR) is 145 cm³/mol. The summed E-state index contributed by atoms with van der Waals surface area (Å²) in [5.74, 6) is 1.47. The van der Waals surface area contributed by atoms with Gasteiger partial charge in [-0.15, -0.1) is 0 Å². The molecular weight excluding hydrogens is 476 g/mol. The highest BCUT2D eigenvalue weighted by molar-refractivity contribution is 6.31. The second-order valence-corrected chi connectivity index (χ2v) is 9.55. The predicted octanol–water partition coefficient (Wildman–Crippen LogP) is 5.07. The zero-order valence-electron chi connectivity index (χ0n) is 21.3. The van der Waals surface area contributed by atoms with Crippen LogP contribution in [0.25, 0.3) is 10.9 Å². The fraction of sp³-hybridized carbons (Fsp3) is 0.407. The van der Waals surface area contributed by atoms with Crippen LogP contribution in [0.2, 0.25) is 5.02 Å². The number of hydrogen-bond acceptors (Lipinski definition) is 6. The van der Waals surface area contributed by atoms with E-state index < -0.39 is 0 Å². The SMILES string of the molecule is CCCc1nn(Cc2cnc[nH]2)c2cc(OC)c(OC)c(N3CCN(c4cccc(Cl)c4C)CC3)c12. The fourth-order valence-corrected chi connectivity index (χ4v) is 5.35. The van der Waals surface area contributed by atoms with Crippen molar-refractivity contribution >= 4 is 33.9 Å². The summed E-state index contributed by atoms with van der Waals surface area (Å²) in [7, 11) is 3.41. The van der Waals surface area contributed by atoms with Gasteiger partial charge in [0.1, 0.15) is 0 Å². The lowest BCUT2D eigenvalue weighted by Crippen LogP contribution is -2.47. The Labute approximate surface area is 216 Å². The van der Waals surface area contributed by atoms with E-state index in [1.165, 1.54) is 5.69 Å². The van der Waals surface area contributed by atoms with Crippen LogP contribution in [0.3, 0.4) is 0 Å². The third-order valence-electron chi connectivity index (χ3n) is 6.97. The number of aromatic nitrogens is 4. The number of H-pyrrole nitrogens is 1. The van der Waals surface area contributed by atoms with Crippen LogP contribution in [0.4, 0.5) is 11.4 Å². The van der Waals surface area contributed by atoms with Crippen molar-refractivity contribution in [3.8, 4) is 11.5 Å². The number of nitrogens with zero attached hydrogens (tertiary/aromatic N) is 5. The Morgan fingerprint density at radius 3 is 2.53 bits per heavy atom. The number of aryl methyl sites for hydroxylation is 1. The highest BCUT2D eigenvalue weighted by Gasteiger charge is 2.28. The Kier molecular flexibility index (Phi) is 6.96. The standard InChI is InChI=1S/C27H33ClN6O2/c1-5-7-21-25-23(34(31-21)16-19-15-29-17-30-19)14-24(35-3)27(36-4)26(25)33-12-10-32(11-13-33)22-9-6-8-20(28)18(22)2/h6,8-9,14-15,17H,5,7,10-13,16H2,1-4H3,(H,29,30). The van der Waals surface area contributed by atoms with Crippen molar-refractivity contribution in [3.05, 3.63) is 58.8 Å². The van der Waals surface area contributed by atoms with Gasteiger partial charge in [0.25, 0.3) is 0 Å². The monoisotopic (exact) mass is 508 g/mol. The van der Waals surface area contributed by atoms with Gasteiger partial charge in [-0.2, -0.15) is 5.10 Å². The van der Waals surface area contributed by atoms with Crippen molar-refractivity contribution in [2.45, 2.75) is 33.2 Å². The molecule has 1 N–H and O–H groups in total. The summed E-state index contributed by atoms with van der Waals surface area (Å²) >= 11 is 6.41. The number of imidazole rings is 1. The molecule has 1 saturated heterocycles. The zero-order valence-corrected chi connectivity index (χ0v) is 22.1. The van der Waals surface area contributed by atoms with E-state index in [-0.39, 0.29) is 0 Å². The molecule has 0 bridgehead atoms. The molecule has 1 aliphatic heterocycles. The zero-order chi connectivity index (χ0) is 25.2. The molecule has 8 nitrogen and oxygen atoms in total. The first-order valence-corrected chi connectivity index (χ1v) is 12.8. The number of piperazine rings is 1. The molecule has 36 heavy (non-hydrogen) atoms. The number of benzene rings is 2. The Hall–Kier alpha value is -3.39. The van der Waals surface area contributed by atoms with Gasteiger partial charge in [-0.05, 0) is 31.0 Å². The lowest BCUT2D eigenvalue weighted by atomic mass is 10.1. The molecule has 2 aromatic carbocycles. The van der Waals surface area contributed by atoms with Crippen LogP contribution in [0.15, 0.2) is 36.8 Å². The topological polar surface area (TPSA) is 71.4 Å². The molecule has 1 fully saturated rings. The molecule has 1 aliphatic rings. The molecule has 0 spiro atoms. The quantitative estimate of drug-likeness (QED) is 0.358. The third-order valence-corrected chi connectivity index (χ3v) is 7.38. The van der Waals surface area contributed by atoms with Crippen LogP contribution in [0.5, 0.6) is 11.5 Å². The van der Waals surface area contributed by atoms with E-state index in [0.717, 1.165) is 83.3 Å². The number of nitrogens with one attached hydrogen (secondary N) is 1. The van der Waals surface area contributed by atoms with Crippen LogP contribution in [-0.2, 0) is 13.0 Å². The van der Waals surface area contributed by atoms with Crippen LogP contribution in [0, 0.1) is 6.92 Å². The van der Waals surface area contributed by atoms with E-state index in [9.17, 15) is 0 Å². The van der Waals surface area contributed by atoms with Crippen LogP contribution in [-0.4, -0.2) is 60.1 Å². The fourth-order valence-electron chi connectivity index (χ4n) is 5.18. The Morgan fingerprint density at radius 1 is 1.08 bits per heavy atom.